The molecule has 4 unspecified atom stereocenters. The van der Waals surface area contributed by atoms with Crippen LogP contribution in [0.25, 0.3) is 0 Å². The van der Waals surface area contributed by atoms with Crippen LogP contribution in [0.4, 0.5) is 4.79 Å². The Morgan fingerprint density at radius 3 is 2.79 bits per heavy atom. The molecule has 1 heterocycles. The molecule has 0 aromatic carbocycles. The molecule has 0 aromatic heterocycles. The van der Waals surface area contributed by atoms with E-state index in [9.17, 15) is 4.79 Å². The number of ether oxygens (including phenoxy) is 1. The van der Waals surface area contributed by atoms with Crippen molar-refractivity contribution in [1.82, 2.24) is 10.6 Å². The first-order chi connectivity index (χ1) is 8.98. The van der Waals surface area contributed by atoms with Gasteiger partial charge in [-0.2, -0.15) is 0 Å². The van der Waals surface area contributed by atoms with Crippen molar-refractivity contribution in [2.75, 3.05) is 6.61 Å². The zero-order chi connectivity index (χ0) is 13.6. The lowest BCUT2D eigenvalue weighted by Gasteiger charge is -2.54. The number of hydrogen-bond acceptors (Lipinski definition) is 2. The summed E-state index contributed by atoms with van der Waals surface area (Å²) < 4.78 is 5.75. The van der Waals surface area contributed by atoms with Crippen LogP contribution in [0.1, 0.15) is 46.5 Å². The van der Waals surface area contributed by atoms with Crippen molar-refractivity contribution >= 4 is 6.03 Å². The van der Waals surface area contributed by atoms with Crippen molar-refractivity contribution in [2.24, 2.45) is 17.3 Å². The zero-order valence-electron chi connectivity index (χ0n) is 12.2. The molecule has 2 aliphatic carbocycles. The third-order valence-corrected chi connectivity index (χ3v) is 5.15. The van der Waals surface area contributed by atoms with E-state index >= 15 is 0 Å². The van der Waals surface area contributed by atoms with Gasteiger partial charge in [0.1, 0.15) is 0 Å². The van der Waals surface area contributed by atoms with Crippen LogP contribution in [0.15, 0.2) is 0 Å². The largest absolute Gasteiger partial charge is 0.377 e. The van der Waals surface area contributed by atoms with Gasteiger partial charge in [-0.15, -0.1) is 0 Å². The maximum Gasteiger partial charge on any atom is 0.315 e. The van der Waals surface area contributed by atoms with Crippen LogP contribution in [0.5, 0.6) is 0 Å². The lowest BCUT2D eigenvalue weighted by molar-refractivity contribution is -0.108. The molecule has 4 heteroatoms. The number of urea groups is 1. The molecule has 1 saturated heterocycles. The molecular weight excluding hydrogens is 240 g/mol. The molecule has 1 aliphatic heterocycles. The molecule has 0 spiro atoms. The first kappa shape index (κ1) is 13.2. The minimum absolute atomic E-state index is 0.00317. The number of rotatable bonds is 4. The Hall–Kier alpha value is -0.770. The summed E-state index contributed by atoms with van der Waals surface area (Å²) in [5.41, 5.74) is 0.0677. The van der Waals surface area contributed by atoms with Gasteiger partial charge in [0.15, 0.2) is 0 Å². The zero-order valence-corrected chi connectivity index (χ0v) is 12.2. The number of nitrogens with one attached hydrogen (secondary N) is 2. The third kappa shape index (κ3) is 2.47. The van der Waals surface area contributed by atoms with E-state index in [1.807, 2.05) is 0 Å². The minimum atomic E-state index is -0.00317. The van der Waals surface area contributed by atoms with Crippen LogP contribution in [0.3, 0.4) is 0 Å². The van der Waals surface area contributed by atoms with Gasteiger partial charge in [0, 0.05) is 30.0 Å². The van der Waals surface area contributed by atoms with Crippen molar-refractivity contribution in [1.29, 1.82) is 0 Å². The molecule has 2 amide bonds. The Kier molecular flexibility index (Phi) is 3.24. The van der Waals surface area contributed by atoms with E-state index in [0.29, 0.717) is 12.0 Å². The molecule has 2 saturated carbocycles. The van der Waals surface area contributed by atoms with E-state index in [1.54, 1.807) is 0 Å². The lowest BCUT2D eigenvalue weighted by Crippen LogP contribution is -2.68. The van der Waals surface area contributed by atoms with Gasteiger partial charge in [-0.3, -0.25) is 0 Å². The van der Waals surface area contributed by atoms with Crippen molar-refractivity contribution in [3.63, 3.8) is 0 Å². The van der Waals surface area contributed by atoms with Crippen LogP contribution >= 0.6 is 0 Å². The average molecular weight is 266 g/mol. The van der Waals surface area contributed by atoms with Crippen molar-refractivity contribution in [3.05, 3.63) is 0 Å². The molecule has 3 aliphatic rings. The predicted octanol–water partition coefficient (Wildman–Crippen LogP) is 2.29. The molecule has 0 bridgehead atoms. The number of fused-ring (bicyclic) bond motifs is 1. The summed E-state index contributed by atoms with van der Waals surface area (Å²) in [4.78, 5) is 12.1. The smallest absolute Gasteiger partial charge is 0.315 e. The molecule has 3 rings (SSSR count). The molecule has 4 nitrogen and oxygen atoms in total. The second kappa shape index (κ2) is 4.65. The van der Waals surface area contributed by atoms with E-state index in [2.05, 4.69) is 31.4 Å². The van der Waals surface area contributed by atoms with Crippen LogP contribution in [0.2, 0.25) is 0 Å². The van der Waals surface area contributed by atoms with Gasteiger partial charge in [0.05, 0.1) is 6.10 Å². The van der Waals surface area contributed by atoms with Crippen molar-refractivity contribution in [2.45, 2.75) is 64.6 Å². The Labute approximate surface area is 115 Å². The maximum absolute atomic E-state index is 12.1. The lowest BCUT2D eigenvalue weighted by atomic mass is 9.57. The molecule has 19 heavy (non-hydrogen) atoms. The Morgan fingerprint density at radius 2 is 2.11 bits per heavy atom. The van der Waals surface area contributed by atoms with Gasteiger partial charge in [0.2, 0.25) is 0 Å². The van der Waals surface area contributed by atoms with Gasteiger partial charge < -0.3 is 15.4 Å². The Bertz CT molecular complexity index is 365. The standard InChI is InChI=1S/C15H26N2O2/c1-9(8-10-4-5-10)16-14(18)17-12-11-6-7-19-13(11)15(12,2)3/h9-13H,4-8H2,1-3H3,(H2,16,17,18). The summed E-state index contributed by atoms with van der Waals surface area (Å²) in [6, 6.07) is 0.538. The summed E-state index contributed by atoms with van der Waals surface area (Å²) in [5, 5.41) is 6.25. The second-order valence-electron chi connectivity index (χ2n) is 7.24. The fourth-order valence-corrected chi connectivity index (χ4v) is 3.94. The number of amides is 2. The van der Waals surface area contributed by atoms with Gasteiger partial charge in [-0.05, 0) is 25.7 Å². The monoisotopic (exact) mass is 266 g/mol. The topological polar surface area (TPSA) is 50.4 Å². The van der Waals surface area contributed by atoms with Crippen LogP contribution in [-0.4, -0.2) is 30.8 Å². The highest BCUT2D eigenvalue weighted by Crippen LogP contribution is 2.52. The van der Waals surface area contributed by atoms with E-state index in [0.717, 1.165) is 25.4 Å². The SMILES string of the molecule is CC(CC1CC1)NC(=O)NC1C2CCOC2C1(C)C. The number of hydrogen-bond donors (Lipinski definition) is 2. The van der Waals surface area contributed by atoms with Crippen molar-refractivity contribution in [3.8, 4) is 0 Å². The number of carbonyl (C=O) groups is 1. The Morgan fingerprint density at radius 1 is 1.37 bits per heavy atom. The van der Waals surface area contributed by atoms with E-state index in [-0.39, 0.29) is 23.5 Å². The third-order valence-electron chi connectivity index (χ3n) is 5.15. The van der Waals surface area contributed by atoms with Gasteiger partial charge in [-0.1, -0.05) is 26.7 Å². The molecule has 2 N–H and O–H groups in total. The van der Waals surface area contributed by atoms with Gasteiger partial charge >= 0.3 is 6.03 Å². The summed E-state index contributed by atoms with van der Waals surface area (Å²) >= 11 is 0. The molecular formula is C15H26N2O2. The van der Waals surface area contributed by atoms with Crippen LogP contribution < -0.4 is 10.6 Å². The Balaban J connectivity index is 1.48. The predicted molar refractivity (Wildman–Crippen MR) is 73.9 cm³/mol. The molecule has 4 atom stereocenters. The van der Waals surface area contributed by atoms with Crippen molar-refractivity contribution < 1.29 is 9.53 Å². The van der Waals surface area contributed by atoms with E-state index in [4.69, 9.17) is 4.74 Å². The fraction of sp³-hybridized carbons (Fsp3) is 0.933. The quantitative estimate of drug-likeness (QED) is 0.820. The highest BCUT2D eigenvalue weighted by atomic mass is 16.5. The molecule has 3 fully saturated rings. The van der Waals surface area contributed by atoms with E-state index in [1.165, 1.54) is 12.8 Å². The number of carbonyl (C=O) groups excluding carboxylic acids is 1. The molecule has 0 aromatic rings. The maximum atomic E-state index is 12.1. The van der Waals surface area contributed by atoms with Crippen LogP contribution in [-0.2, 0) is 4.74 Å². The first-order valence-corrected chi connectivity index (χ1v) is 7.67. The molecule has 0 radical (unpaired) electrons. The highest BCUT2D eigenvalue weighted by Gasteiger charge is 2.59. The first-order valence-electron chi connectivity index (χ1n) is 7.67. The second-order valence-corrected chi connectivity index (χ2v) is 7.24. The summed E-state index contributed by atoms with van der Waals surface area (Å²) in [7, 11) is 0. The summed E-state index contributed by atoms with van der Waals surface area (Å²) in [6.07, 6.45) is 5.21. The van der Waals surface area contributed by atoms with Crippen LogP contribution in [0, 0.1) is 17.3 Å². The molecule has 108 valence electrons. The van der Waals surface area contributed by atoms with Gasteiger partial charge in [-0.25, -0.2) is 4.79 Å². The normalized spacial score (nSPS) is 37.1. The minimum Gasteiger partial charge on any atom is -0.377 e. The average Bonchev–Trinajstić information content (AvgIpc) is 3.01. The summed E-state index contributed by atoms with van der Waals surface area (Å²) in [6.45, 7) is 7.33. The fourth-order valence-electron chi connectivity index (χ4n) is 3.94. The van der Waals surface area contributed by atoms with E-state index < -0.39 is 0 Å². The highest BCUT2D eigenvalue weighted by molar-refractivity contribution is 5.75. The summed E-state index contributed by atoms with van der Waals surface area (Å²) in [5.74, 6) is 1.36. The van der Waals surface area contributed by atoms with Gasteiger partial charge in [0.25, 0.3) is 0 Å².